The maximum absolute atomic E-state index is 15.1. The third kappa shape index (κ3) is 2.68. The lowest BCUT2D eigenvalue weighted by molar-refractivity contribution is -0.132. The molecular weight excluding hydrogens is 405 g/mol. The van der Waals surface area contributed by atoms with Gasteiger partial charge in [-0.2, -0.15) is 4.39 Å². The van der Waals surface area contributed by atoms with Gasteiger partial charge >= 0.3 is 0 Å². The molecule has 2 unspecified atom stereocenters. The smallest absolute Gasteiger partial charge is 0.277 e. The first-order chi connectivity index (χ1) is 14.4. The average Bonchev–Trinajstić information content (AvgIpc) is 3.51. The largest absolute Gasteiger partial charge is 0.359 e. The van der Waals surface area contributed by atoms with E-state index >= 15 is 4.39 Å². The van der Waals surface area contributed by atoms with Crippen molar-refractivity contribution in [3.05, 3.63) is 52.1 Å². The molecule has 3 atom stereocenters. The fourth-order valence-electron chi connectivity index (χ4n) is 5.28. The zero-order valence-electron chi connectivity index (χ0n) is 16.8. The lowest BCUT2D eigenvalue weighted by atomic mass is 9.70. The van der Waals surface area contributed by atoms with Crippen LogP contribution in [0, 0.1) is 18.3 Å². The summed E-state index contributed by atoms with van der Waals surface area (Å²) in [6, 6.07) is 3.12. The number of amides is 2. The molecule has 0 radical (unpaired) electrons. The highest BCUT2D eigenvalue weighted by Crippen LogP contribution is 2.52. The van der Waals surface area contributed by atoms with Gasteiger partial charge in [0, 0.05) is 37.1 Å². The first-order valence-corrected chi connectivity index (χ1v) is 10.9. The first-order valence-electron chi connectivity index (χ1n) is 10.0. The van der Waals surface area contributed by atoms with Crippen LogP contribution in [0.2, 0.25) is 0 Å². The van der Waals surface area contributed by atoms with Gasteiger partial charge in [0.2, 0.25) is 11.9 Å². The summed E-state index contributed by atoms with van der Waals surface area (Å²) in [5, 5.41) is 4.73. The minimum Gasteiger partial charge on any atom is -0.359 e. The van der Waals surface area contributed by atoms with Crippen LogP contribution in [0.3, 0.4) is 0 Å². The summed E-state index contributed by atoms with van der Waals surface area (Å²) < 4.78 is 16.4. The van der Waals surface area contributed by atoms with Crippen molar-refractivity contribution in [2.75, 3.05) is 7.05 Å². The van der Waals surface area contributed by atoms with E-state index in [1.165, 1.54) is 15.7 Å². The van der Waals surface area contributed by atoms with Gasteiger partial charge in [-0.15, -0.1) is 11.3 Å². The predicted molar refractivity (Wildman–Crippen MR) is 110 cm³/mol. The van der Waals surface area contributed by atoms with E-state index in [1.807, 2.05) is 18.4 Å². The molecule has 3 aromatic heterocycles. The lowest BCUT2D eigenvalue weighted by Crippen LogP contribution is -2.50. The van der Waals surface area contributed by atoms with E-state index in [0.717, 1.165) is 17.7 Å². The van der Waals surface area contributed by atoms with Gasteiger partial charge in [0.1, 0.15) is 5.65 Å². The fourth-order valence-corrected chi connectivity index (χ4v) is 5.84. The highest BCUT2D eigenvalue weighted by Gasteiger charge is 2.61. The number of carbonyl (C=O) groups excluding carboxylic acids is 2. The Morgan fingerprint density at radius 3 is 2.93 bits per heavy atom. The van der Waals surface area contributed by atoms with Gasteiger partial charge in [-0.1, -0.05) is 6.07 Å². The number of imidazole rings is 1. The van der Waals surface area contributed by atoms with Crippen molar-refractivity contribution in [1.29, 1.82) is 0 Å². The Bertz CT molecular complexity index is 1140. The number of thiazole rings is 1. The van der Waals surface area contributed by atoms with Gasteiger partial charge in [0.05, 0.1) is 16.6 Å². The van der Waals surface area contributed by atoms with Crippen LogP contribution in [0.5, 0.6) is 0 Å². The lowest BCUT2D eigenvalue weighted by Gasteiger charge is -2.35. The molecule has 2 saturated heterocycles. The monoisotopic (exact) mass is 427 g/mol. The van der Waals surface area contributed by atoms with E-state index in [1.54, 1.807) is 29.7 Å². The number of hydrogen-bond donors (Lipinski definition) is 1. The van der Waals surface area contributed by atoms with E-state index in [4.69, 9.17) is 0 Å². The molecule has 0 spiro atoms. The molecule has 1 N–H and O–H groups in total. The maximum atomic E-state index is 15.1. The number of nitrogens with one attached hydrogen (secondary N) is 1. The summed E-state index contributed by atoms with van der Waals surface area (Å²) >= 11 is 1.48. The summed E-state index contributed by atoms with van der Waals surface area (Å²) in [6.07, 6.45) is 4.16. The van der Waals surface area contributed by atoms with Crippen LogP contribution in [0.25, 0.3) is 5.65 Å². The van der Waals surface area contributed by atoms with Crippen LogP contribution in [0.15, 0.2) is 29.2 Å². The van der Waals surface area contributed by atoms with E-state index in [-0.39, 0.29) is 23.7 Å². The molecular formula is C21H22FN5O2S. The molecule has 2 fully saturated rings. The van der Waals surface area contributed by atoms with Crippen molar-refractivity contribution < 1.29 is 14.0 Å². The Morgan fingerprint density at radius 2 is 2.20 bits per heavy atom. The van der Waals surface area contributed by atoms with Gasteiger partial charge in [-0.05, 0) is 37.8 Å². The third-order valence-corrected chi connectivity index (χ3v) is 7.18. The number of aromatic nitrogens is 3. The molecule has 0 aliphatic carbocycles. The molecule has 7 nitrogen and oxygen atoms in total. The van der Waals surface area contributed by atoms with Gasteiger partial charge in [0.15, 0.2) is 5.69 Å². The summed E-state index contributed by atoms with van der Waals surface area (Å²) in [4.78, 5) is 36.8. The van der Waals surface area contributed by atoms with Crippen molar-refractivity contribution in [3.63, 3.8) is 0 Å². The molecule has 2 aliphatic rings. The average molecular weight is 428 g/mol. The summed E-state index contributed by atoms with van der Waals surface area (Å²) in [5.74, 6) is -1.19. The Hall–Kier alpha value is -2.81. The topological polar surface area (TPSA) is 79.6 Å². The van der Waals surface area contributed by atoms with Crippen LogP contribution < -0.4 is 5.32 Å². The number of halogens is 1. The van der Waals surface area contributed by atoms with Crippen molar-refractivity contribution in [2.45, 2.75) is 44.7 Å². The van der Waals surface area contributed by atoms with Gasteiger partial charge < -0.3 is 10.2 Å². The zero-order chi connectivity index (χ0) is 21.0. The standard InChI is InChI=1S/C21H22FN5O2S/c1-12-3-6-16-25-17(18(22)26(16)9-12)19(28)27-14-4-5-15(27)21(8-14,20(29)23-2)7-13-10-30-11-24-13/h3,6,9-11,14-15H,4-5,7-8H2,1-2H3,(H,23,29)/t14?,15?,21-/m0/s1. The molecule has 0 aromatic carbocycles. The minimum atomic E-state index is -0.756. The van der Waals surface area contributed by atoms with Crippen molar-refractivity contribution in [2.24, 2.45) is 5.41 Å². The van der Waals surface area contributed by atoms with Crippen LogP contribution in [-0.2, 0) is 11.2 Å². The first kappa shape index (κ1) is 19.2. The van der Waals surface area contributed by atoms with Crippen LogP contribution in [-0.4, -0.2) is 50.2 Å². The number of aryl methyl sites for hydroxylation is 1. The molecule has 3 aromatic rings. The number of fused-ring (bicyclic) bond motifs is 3. The summed E-state index contributed by atoms with van der Waals surface area (Å²) in [5.41, 5.74) is 2.93. The molecule has 2 aliphatic heterocycles. The number of pyridine rings is 1. The van der Waals surface area contributed by atoms with Crippen LogP contribution in [0.1, 0.15) is 41.0 Å². The van der Waals surface area contributed by atoms with Gasteiger partial charge in [-0.25, -0.2) is 9.97 Å². The number of carbonyl (C=O) groups is 2. The second-order valence-electron chi connectivity index (χ2n) is 8.24. The normalized spacial score (nSPS) is 25.2. The summed E-state index contributed by atoms with van der Waals surface area (Å²) in [7, 11) is 1.62. The minimum absolute atomic E-state index is 0.0911. The second-order valence-corrected chi connectivity index (χ2v) is 8.96. The molecule has 2 amide bonds. The molecule has 0 saturated carbocycles. The quantitative estimate of drug-likeness (QED) is 0.694. The molecule has 5 heterocycles. The number of hydrogen-bond acceptors (Lipinski definition) is 5. The number of nitrogens with zero attached hydrogens (tertiary/aromatic N) is 4. The Balaban J connectivity index is 1.53. The Morgan fingerprint density at radius 1 is 1.37 bits per heavy atom. The predicted octanol–water partition coefficient (Wildman–Crippen LogP) is 2.59. The van der Waals surface area contributed by atoms with E-state index in [2.05, 4.69) is 15.3 Å². The second kappa shape index (κ2) is 6.87. The van der Waals surface area contributed by atoms with E-state index in [0.29, 0.717) is 24.9 Å². The fraction of sp³-hybridized carbons (Fsp3) is 0.429. The molecule has 2 bridgehead atoms. The van der Waals surface area contributed by atoms with Crippen LogP contribution in [0.4, 0.5) is 4.39 Å². The van der Waals surface area contributed by atoms with E-state index < -0.39 is 17.3 Å². The zero-order valence-corrected chi connectivity index (χ0v) is 17.6. The Labute approximate surface area is 176 Å². The van der Waals surface area contributed by atoms with Crippen LogP contribution >= 0.6 is 11.3 Å². The van der Waals surface area contributed by atoms with Crippen molar-refractivity contribution in [3.8, 4) is 0 Å². The Kier molecular flexibility index (Phi) is 4.39. The van der Waals surface area contributed by atoms with Gasteiger partial charge in [-0.3, -0.25) is 14.0 Å². The SMILES string of the molecule is CNC(=O)[C@@]1(Cc2cscn2)CC2CCC1N2C(=O)c1nc2ccc(C)cn2c1F. The summed E-state index contributed by atoms with van der Waals surface area (Å²) in [6.45, 7) is 1.86. The highest BCUT2D eigenvalue weighted by atomic mass is 32.1. The molecule has 30 heavy (non-hydrogen) atoms. The van der Waals surface area contributed by atoms with Crippen molar-refractivity contribution in [1.82, 2.24) is 24.6 Å². The molecule has 5 rings (SSSR count). The van der Waals surface area contributed by atoms with Gasteiger partial charge in [0.25, 0.3) is 5.91 Å². The van der Waals surface area contributed by atoms with E-state index in [9.17, 15) is 9.59 Å². The van der Waals surface area contributed by atoms with Crippen molar-refractivity contribution >= 4 is 28.8 Å². The molecule has 156 valence electrons. The number of rotatable bonds is 4. The maximum Gasteiger partial charge on any atom is 0.277 e. The highest BCUT2D eigenvalue weighted by molar-refractivity contribution is 7.07. The third-order valence-electron chi connectivity index (χ3n) is 6.54. The molecule has 9 heteroatoms.